The molecular formula is C27H23ClF4N4O3. The number of benzene rings is 3. The van der Waals surface area contributed by atoms with Gasteiger partial charge in [0.1, 0.15) is 18.1 Å². The van der Waals surface area contributed by atoms with Crippen molar-refractivity contribution >= 4 is 17.5 Å². The minimum Gasteiger partial charge on any atom is -0.496 e. The van der Waals surface area contributed by atoms with Crippen LogP contribution in [0, 0.1) is 5.82 Å². The molecule has 1 amide bonds. The smallest absolute Gasteiger partial charge is 0.416 e. The fourth-order valence-corrected chi connectivity index (χ4v) is 4.24. The summed E-state index contributed by atoms with van der Waals surface area (Å²) in [4.78, 5) is 25.9. The number of carbonyl (C=O) groups excluding carboxylic acids is 1. The van der Waals surface area contributed by atoms with Crippen molar-refractivity contribution in [2.75, 3.05) is 13.7 Å². The fourth-order valence-electron chi connectivity index (χ4n) is 4.08. The second kappa shape index (κ2) is 11.7. The molecule has 39 heavy (non-hydrogen) atoms. The number of aromatic nitrogens is 3. The van der Waals surface area contributed by atoms with Crippen LogP contribution in [0.4, 0.5) is 17.6 Å². The first-order valence-corrected chi connectivity index (χ1v) is 12.1. The van der Waals surface area contributed by atoms with E-state index in [1.807, 2.05) is 0 Å². The van der Waals surface area contributed by atoms with Gasteiger partial charge in [-0.25, -0.2) is 13.9 Å². The van der Waals surface area contributed by atoms with Gasteiger partial charge in [0.05, 0.1) is 24.8 Å². The van der Waals surface area contributed by atoms with E-state index in [1.165, 1.54) is 54.1 Å². The summed E-state index contributed by atoms with van der Waals surface area (Å²) in [5, 5.41) is 7.21. The van der Waals surface area contributed by atoms with Crippen LogP contribution in [0.5, 0.6) is 5.75 Å². The Bertz CT molecular complexity index is 1550. The fraction of sp³-hybridized carbons (Fsp3) is 0.222. The third-order valence-corrected chi connectivity index (χ3v) is 6.18. The summed E-state index contributed by atoms with van der Waals surface area (Å²) in [5.41, 5.74) is -0.820. The molecule has 7 nitrogen and oxygen atoms in total. The normalized spacial score (nSPS) is 11.4. The maximum atomic E-state index is 14.4. The summed E-state index contributed by atoms with van der Waals surface area (Å²) in [6, 6.07) is 15.7. The van der Waals surface area contributed by atoms with Gasteiger partial charge in [0.15, 0.2) is 5.82 Å². The van der Waals surface area contributed by atoms with Crippen molar-refractivity contribution in [2.45, 2.75) is 25.7 Å². The number of halogens is 5. The zero-order chi connectivity index (χ0) is 28.2. The summed E-state index contributed by atoms with van der Waals surface area (Å²) >= 11 is 6.07. The molecular weight excluding hydrogens is 540 g/mol. The molecule has 0 aliphatic rings. The van der Waals surface area contributed by atoms with Crippen molar-refractivity contribution in [3.63, 3.8) is 0 Å². The Morgan fingerprint density at radius 2 is 1.74 bits per heavy atom. The van der Waals surface area contributed by atoms with Gasteiger partial charge >= 0.3 is 11.9 Å². The Balaban J connectivity index is 1.59. The first-order valence-electron chi connectivity index (χ1n) is 11.7. The number of nitrogens with one attached hydrogen (secondary N) is 1. The number of carbonyl (C=O) groups is 1. The van der Waals surface area contributed by atoms with Gasteiger partial charge in [-0.15, -0.1) is 5.10 Å². The highest BCUT2D eigenvalue weighted by Crippen LogP contribution is 2.32. The lowest BCUT2D eigenvalue weighted by Crippen LogP contribution is -2.35. The summed E-state index contributed by atoms with van der Waals surface area (Å²) in [7, 11) is 1.41. The molecule has 1 N–H and O–H groups in total. The Morgan fingerprint density at radius 1 is 1.05 bits per heavy atom. The van der Waals surface area contributed by atoms with E-state index in [1.54, 1.807) is 18.2 Å². The van der Waals surface area contributed by atoms with Crippen LogP contribution in [0.3, 0.4) is 0 Å². The molecule has 1 aromatic heterocycles. The number of ether oxygens (including phenoxy) is 1. The zero-order valence-electron chi connectivity index (χ0n) is 20.6. The Morgan fingerprint density at radius 3 is 2.44 bits per heavy atom. The highest BCUT2D eigenvalue weighted by molar-refractivity contribution is 6.30. The Hall–Kier alpha value is -4.12. The van der Waals surface area contributed by atoms with E-state index in [4.69, 9.17) is 16.3 Å². The number of hydrogen-bond donors (Lipinski definition) is 1. The van der Waals surface area contributed by atoms with Crippen molar-refractivity contribution in [2.24, 2.45) is 0 Å². The highest BCUT2D eigenvalue weighted by Gasteiger charge is 2.32. The van der Waals surface area contributed by atoms with Crippen molar-refractivity contribution in [1.29, 1.82) is 0 Å². The molecule has 204 valence electrons. The van der Waals surface area contributed by atoms with Crippen LogP contribution in [0.1, 0.15) is 16.7 Å². The maximum absolute atomic E-state index is 14.4. The number of nitrogens with zero attached hydrogens (tertiary/aromatic N) is 3. The second-order valence-corrected chi connectivity index (χ2v) is 8.98. The van der Waals surface area contributed by atoms with Crippen molar-refractivity contribution < 1.29 is 27.1 Å². The average Bonchev–Trinajstić information content (AvgIpc) is 3.19. The van der Waals surface area contributed by atoms with Crippen LogP contribution in [-0.4, -0.2) is 33.9 Å². The molecule has 0 unspecified atom stereocenters. The molecule has 0 saturated carbocycles. The number of methoxy groups -OCH3 is 1. The number of amides is 1. The van der Waals surface area contributed by atoms with Crippen molar-refractivity contribution in [1.82, 2.24) is 19.7 Å². The molecule has 0 saturated heterocycles. The third-order valence-electron chi connectivity index (χ3n) is 5.95. The topological polar surface area (TPSA) is 78.2 Å². The highest BCUT2D eigenvalue weighted by atomic mass is 35.5. The maximum Gasteiger partial charge on any atom is 0.416 e. The molecule has 0 bridgehead atoms. The summed E-state index contributed by atoms with van der Waals surface area (Å²) < 4.78 is 61.6. The number of rotatable bonds is 9. The molecule has 12 heteroatoms. The molecule has 4 aromatic rings. The van der Waals surface area contributed by atoms with Crippen LogP contribution in [0.25, 0.3) is 11.4 Å². The van der Waals surface area contributed by atoms with E-state index in [0.717, 1.165) is 10.7 Å². The van der Waals surface area contributed by atoms with Gasteiger partial charge in [-0.3, -0.25) is 9.36 Å². The van der Waals surface area contributed by atoms with Gasteiger partial charge in [0.2, 0.25) is 5.91 Å². The quantitative estimate of drug-likeness (QED) is 0.293. The zero-order valence-corrected chi connectivity index (χ0v) is 21.4. The Labute approximate surface area is 225 Å². The number of alkyl halides is 3. The van der Waals surface area contributed by atoms with Gasteiger partial charge in [-0.1, -0.05) is 48.0 Å². The SMILES string of the molecule is COc1cc(Cl)ccc1-c1nn(CC(=O)NCCc2ccccc2C(F)(F)F)c(=O)n1Cc1ccccc1F. The molecule has 1 heterocycles. The first-order chi connectivity index (χ1) is 18.6. The second-order valence-electron chi connectivity index (χ2n) is 8.54. The standard InChI is InChI=1S/C27H23ClF4N4O3/c1-39-23-14-19(28)10-11-20(23)25-34-36(26(38)35(25)15-18-7-3-5-9-22(18)29)16-24(37)33-13-12-17-6-2-4-8-21(17)27(30,31)32/h2-11,14H,12-13,15-16H2,1H3,(H,33,37). The lowest BCUT2D eigenvalue weighted by molar-refractivity contribution is -0.138. The summed E-state index contributed by atoms with van der Waals surface area (Å²) in [6.45, 7) is -0.774. The van der Waals surface area contributed by atoms with Crippen LogP contribution in [0.15, 0.2) is 71.5 Å². The average molecular weight is 563 g/mol. The predicted molar refractivity (Wildman–Crippen MR) is 137 cm³/mol. The molecule has 3 aromatic carbocycles. The monoisotopic (exact) mass is 562 g/mol. The molecule has 0 radical (unpaired) electrons. The van der Waals surface area contributed by atoms with E-state index >= 15 is 0 Å². The summed E-state index contributed by atoms with van der Waals surface area (Å²) in [6.07, 6.45) is -4.58. The van der Waals surface area contributed by atoms with Crippen LogP contribution < -0.4 is 15.7 Å². The van der Waals surface area contributed by atoms with Crippen LogP contribution in [-0.2, 0) is 30.5 Å². The molecule has 0 spiro atoms. The first kappa shape index (κ1) is 27.9. The van der Waals surface area contributed by atoms with Crippen LogP contribution in [0.2, 0.25) is 5.02 Å². The minimum atomic E-state index is -4.52. The van der Waals surface area contributed by atoms with E-state index in [2.05, 4.69) is 10.4 Å². The lowest BCUT2D eigenvalue weighted by Gasteiger charge is -2.12. The van der Waals surface area contributed by atoms with Gasteiger partial charge in [-0.2, -0.15) is 13.2 Å². The van der Waals surface area contributed by atoms with Crippen LogP contribution >= 0.6 is 11.6 Å². The minimum absolute atomic E-state index is 0.0359. The third kappa shape index (κ3) is 6.48. The lowest BCUT2D eigenvalue weighted by atomic mass is 10.0. The molecule has 4 rings (SSSR count). The van der Waals surface area contributed by atoms with Crippen molar-refractivity contribution in [3.05, 3.63) is 105 Å². The van der Waals surface area contributed by atoms with E-state index < -0.39 is 35.7 Å². The van der Waals surface area contributed by atoms with E-state index in [-0.39, 0.29) is 36.5 Å². The van der Waals surface area contributed by atoms with Crippen molar-refractivity contribution in [3.8, 4) is 17.1 Å². The molecule has 0 aliphatic heterocycles. The van der Waals surface area contributed by atoms with Gasteiger partial charge < -0.3 is 10.1 Å². The number of hydrogen-bond acceptors (Lipinski definition) is 4. The Kier molecular flexibility index (Phi) is 8.39. The molecule has 0 fully saturated rings. The van der Waals surface area contributed by atoms with Gasteiger partial charge in [-0.05, 0) is 42.3 Å². The summed E-state index contributed by atoms with van der Waals surface area (Å²) in [5.74, 6) is -0.735. The molecule has 0 atom stereocenters. The molecule has 0 aliphatic carbocycles. The largest absolute Gasteiger partial charge is 0.496 e. The van der Waals surface area contributed by atoms with E-state index in [9.17, 15) is 27.2 Å². The van der Waals surface area contributed by atoms with E-state index in [0.29, 0.717) is 16.3 Å². The van der Waals surface area contributed by atoms with Gasteiger partial charge in [0, 0.05) is 17.1 Å². The predicted octanol–water partition coefficient (Wildman–Crippen LogP) is 4.94. The van der Waals surface area contributed by atoms with Gasteiger partial charge in [0.25, 0.3) is 0 Å².